The summed E-state index contributed by atoms with van der Waals surface area (Å²) in [6.45, 7) is 6.32. The first-order valence-corrected chi connectivity index (χ1v) is 5.57. The summed E-state index contributed by atoms with van der Waals surface area (Å²) in [5.41, 5.74) is 2.52. The van der Waals surface area contributed by atoms with Crippen LogP contribution in [0, 0.1) is 11.3 Å². The SMILES string of the molecule is CC(C)(C)n1ccc(-c2cccc(C#N)c2)n1. The van der Waals surface area contributed by atoms with Crippen molar-refractivity contribution in [2.45, 2.75) is 26.3 Å². The van der Waals surface area contributed by atoms with Crippen molar-refractivity contribution in [1.29, 1.82) is 5.26 Å². The fourth-order valence-electron chi connectivity index (χ4n) is 1.60. The van der Waals surface area contributed by atoms with Crippen molar-refractivity contribution < 1.29 is 0 Å². The van der Waals surface area contributed by atoms with Gasteiger partial charge in [-0.1, -0.05) is 12.1 Å². The Morgan fingerprint density at radius 3 is 2.59 bits per heavy atom. The predicted octanol–water partition coefficient (Wildman–Crippen LogP) is 3.18. The average molecular weight is 225 g/mol. The van der Waals surface area contributed by atoms with E-state index < -0.39 is 0 Å². The van der Waals surface area contributed by atoms with Gasteiger partial charge in [0.2, 0.25) is 0 Å². The van der Waals surface area contributed by atoms with Crippen molar-refractivity contribution in [3.8, 4) is 17.3 Å². The van der Waals surface area contributed by atoms with Gasteiger partial charge in [-0.05, 0) is 39.0 Å². The van der Waals surface area contributed by atoms with Gasteiger partial charge >= 0.3 is 0 Å². The molecule has 1 aromatic carbocycles. The van der Waals surface area contributed by atoms with Crippen molar-refractivity contribution >= 4 is 0 Å². The van der Waals surface area contributed by atoms with Crippen LogP contribution < -0.4 is 0 Å². The first-order chi connectivity index (χ1) is 8.00. The van der Waals surface area contributed by atoms with E-state index in [0.29, 0.717) is 5.56 Å². The summed E-state index contributed by atoms with van der Waals surface area (Å²) in [6.07, 6.45) is 1.97. The molecule has 0 bridgehead atoms. The molecular formula is C14H15N3. The molecule has 0 atom stereocenters. The Morgan fingerprint density at radius 1 is 1.24 bits per heavy atom. The molecule has 1 aromatic heterocycles. The fraction of sp³-hybridized carbons (Fsp3) is 0.286. The van der Waals surface area contributed by atoms with Crippen LogP contribution in [0.2, 0.25) is 0 Å². The number of nitriles is 1. The number of hydrogen-bond acceptors (Lipinski definition) is 2. The smallest absolute Gasteiger partial charge is 0.0991 e. The van der Waals surface area contributed by atoms with Crippen LogP contribution in [0.5, 0.6) is 0 Å². The standard InChI is InChI=1S/C14H15N3/c1-14(2,3)17-8-7-13(16-17)12-6-4-5-11(9-12)10-15/h4-9H,1-3H3. The molecule has 0 amide bonds. The molecule has 0 N–H and O–H groups in total. The average Bonchev–Trinajstić information content (AvgIpc) is 2.78. The Morgan fingerprint density at radius 2 is 2.00 bits per heavy atom. The molecular weight excluding hydrogens is 210 g/mol. The fourth-order valence-corrected chi connectivity index (χ4v) is 1.60. The summed E-state index contributed by atoms with van der Waals surface area (Å²) in [7, 11) is 0. The molecule has 0 unspecified atom stereocenters. The molecule has 2 aromatic rings. The normalized spacial score (nSPS) is 11.2. The van der Waals surface area contributed by atoms with Crippen LogP contribution in [0.4, 0.5) is 0 Å². The van der Waals surface area contributed by atoms with Crippen molar-refractivity contribution in [1.82, 2.24) is 9.78 Å². The second-order valence-corrected chi connectivity index (χ2v) is 5.01. The molecule has 1 heterocycles. The minimum absolute atomic E-state index is 0.0227. The largest absolute Gasteiger partial charge is 0.267 e. The zero-order valence-corrected chi connectivity index (χ0v) is 10.3. The van der Waals surface area contributed by atoms with Gasteiger partial charge in [0, 0.05) is 11.8 Å². The van der Waals surface area contributed by atoms with Crippen molar-refractivity contribution in [3.05, 3.63) is 42.1 Å². The first kappa shape index (κ1) is 11.4. The summed E-state index contributed by atoms with van der Waals surface area (Å²) in [4.78, 5) is 0. The summed E-state index contributed by atoms with van der Waals surface area (Å²) >= 11 is 0. The van der Waals surface area contributed by atoms with E-state index in [1.54, 1.807) is 6.07 Å². The van der Waals surface area contributed by atoms with Crippen LogP contribution >= 0.6 is 0 Å². The van der Waals surface area contributed by atoms with E-state index in [2.05, 4.69) is 31.9 Å². The highest BCUT2D eigenvalue weighted by molar-refractivity contribution is 5.60. The Labute approximate surface area is 101 Å². The Hall–Kier alpha value is -2.08. The second kappa shape index (κ2) is 4.06. The lowest BCUT2D eigenvalue weighted by Crippen LogP contribution is -2.22. The van der Waals surface area contributed by atoms with Crippen molar-refractivity contribution in [2.75, 3.05) is 0 Å². The third-order valence-corrected chi connectivity index (χ3v) is 2.56. The molecule has 0 aliphatic rings. The second-order valence-electron chi connectivity index (χ2n) is 5.01. The van der Waals surface area contributed by atoms with Crippen LogP contribution in [0.3, 0.4) is 0 Å². The number of aromatic nitrogens is 2. The number of benzene rings is 1. The van der Waals surface area contributed by atoms with Gasteiger partial charge in [-0.25, -0.2) is 0 Å². The minimum Gasteiger partial charge on any atom is -0.267 e. The third kappa shape index (κ3) is 2.36. The van der Waals surface area contributed by atoms with Gasteiger partial charge < -0.3 is 0 Å². The third-order valence-electron chi connectivity index (χ3n) is 2.56. The quantitative estimate of drug-likeness (QED) is 0.748. The summed E-state index contributed by atoms with van der Waals surface area (Å²) < 4.78 is 1.93. The van der Waals surface area contributed by atoms with Crippen molar-refractivity contribution in [3.63, 3.8) is 0 Å². The van der Waals surface area contributed by atoms with Gasteiger partial charge in [0.25, 0.3) is 0 Å². The van der Waals surface area contributed by atoms with E-state index >= 15 is 0 Å². The lowest BCUT2D eigenvalue weighted by atomic mass is 10.1. The summed E-state index contributed by atoms with van der Waals surface area (Å²) in [5.74, 6) is 0. The lowest BCUT2D eigenvalue weighted by Gasteiger charge is -2.18. The number of nitrogens with zero attached hydrogens (tertiary/aromatic N) is 3. The zero-order valence-electron chi connectivity index (χ0n) is 10.3. The number of rotatable bonds is 1. The van der Waals surface area contributed by atoms with Crippen molar-refractivity contribution in [2.24, 2.45) is 0 Å². The van der Waals surface area contributed by atoms with Gasteiger partial charge in [0.1, 0.15) is 0 Å². The van der Waals surface area contributed by atoms with Gasteiger partial charge in [0.05, 0.1) is 22.9 Å². The minimum atomic E-state index is -0.0227. The molecule has 2 rings (SSSR count). The Balaban J connectivity index is 2.41. The first-order valence-electron chi connectivity index (χ1n) is 5.57. The molecule has 17 heavy (non-hydrogen) atoms. The highest BCUT2D eigenvalue weighted by Crippen LogP contribution is 2.21. The molecule has 0 aliphatic heterocycles. The molecule has 0 saturated heterocycles. The van der Waals surface area contributed by atoms with E-state index in [-0.39, 0.29) is 5.54 Å². The maximum absolute atomic E-state index is 8.87. The summed E-state index contributed by atoms with van der Waals surface area (Å²) in [6, 6.07) is 11.6. The van der Waals surface area contributed by atoms with E-state index in [4.69, 9.17) is 5.26 Å². The van der Waals surface area contributed by atoms with Crippen LogP contribution in [0.15, 0.2) is 36.5 Å². The highest BCUT2D eigenvalue weighted by atomic mass is 15.3. The van der Waals surface area contributed by atoms with E-state index in [9.17, 15) is 0 Å². The molecule has 0 spiro atoms. The van der Waals surface area contributed by atoms with Crippen LogP contribution in [-0.2, 0) is 5.54 Å². The molecule has 86 valence electrons. The molecule has 3 heteroatoms. The topological polar surface area (TPSA) is 41.6 Å². The van der Waals surface area contributed by atoms with Crippen LogP contribution in [0.25, 0.3) is 11.3 Å². The van der Waals surface area contributed by atoms with Gasteiger partial charge in [-0.2, -0.15) is 10.4 Å². The molecule has 0 radical (unpaired) electrons. The summed E-state index contributed by atoms with van der Waals surface area (Å²) in [5, 5.41) is 13.4. The predicted molar refractivity (Wildman–Crippen MR) is 67.4 cm³/mol. The van der Waals surface area contributed by atoms with E-state index in [0.717, 1.165) is 11.3 Å². The van der Waals surface area contributed by atoms with Gasteiger partial charge in [0.15, 0.2) is 0 Å². The zero-order chi connectivity index (χ0) is 12.5. The van der Waals surface area contributed by atoms with Crippen LogP contribution in [0.1, 0.15) is 26.3 Å². The monoisotopic (exact) mass is 225 g/mol. The highest BCUT2D eigenvalue weighted by Gasteiger charge is 2.14. The van der Waals surface area contributed by atoms with Gasteiger partial charge in [-0.15, -0.1) is 0 Å². The number of hydrogen-bond donors (Lipinski definition) is 0. The van der Waals surface area contributed by atoms with E-state index in [1.807, 2.05) is 35.1 Å². The van der Waals surface area contributed by atoms with Gasteiger partial charge in [-0.3, -0.25) is 4.68 Å². The van der Waals surface area contributed by atoms with E-state index in [1.165, 1.54) is 0 Å². The Kier molecular flexibility index (Phi) is 2.72. The Bertz CT molecular complexity index is 568. The molecule has 0 fully saturated rings. The maximum Gasteiger partial charge on any atom is 0.0991 e. The maximum atomic E-state index is 8.87. The molecule has 0 saturated carbocycles. The van der Waals surface area contributed by atoms with Crippen LogP contribution in [-0.4, -0.2) is 9.78 Å². The lowest BCUT2D eigenvalue weighted by molar-refractivity contribution is 0.356. The molecule has 3 nitrogen and oxygen atoms in total. The molecule has 0 aliphatic carbocycles.